The molecule has 256 valence electrons. The summed E-state index contributed by atoms with van der Waals surface area (Å²) in [5.41, 5.74) is 10.4. The molecule has 8 atom stereocenters. The first kappa shape index (κ1) is 35.0. The molecule has 0 aromatic heterocycles. The van der Waals surface area contributed by atoms with Crippen molar-refractivity contribution < 1.29 is 0 Å². The Kier molecular flexibility index (Phi) is 9.71. The van der Waals surface area contributed by atoms with Crippen molar-refractivity contribution >= 4 is 50.3 Å². The van der Waals surface area contributed by atoms with Crippen LogP contribution in [-0.4, -0.2) is 71.9 Å². The van der Waals surface area contributed by atoms with Gasteiger partial charge in [-0.25, -0.2) is 0 Å². The second kappa shape index (κ2) is 12.5. The monoisotopic (exact) mass is 688 g/mol. The van der Waals surface area contributed by atoms with E-state index in [1.165, 1.54) is 51.4 Å². The van der Waals surface area contributed by atoms with E-state index >= 15 is 0 Å². The molecule has 4 heteroatoms. The first-order valence-corrected chi connectivity index (χ1v) is 30.0. The minimum absolute atomic E-state index is 0.898. The number of rotatable bonds is 6. The van der Waals surface area contributed by atoms with Crippen LogP contribution in [0.15, 0.2) is 36.4 Å². The molecular formula is C41H72P4. The van der Waals surface area contributed by atoms with E-state index in [-0.39, 0.29) is 0 Å². The van der Waals surface area contributed by atoms with Gasteiger partial charge in [-0.3, -0.25) is 0 Å². The summed E-state index contributed by atoms with van der Waals surface area (Å²) in [5, 5.41) is 7.62. The molecule has 0 bridgehead atoms. The number of hydrogen-bond acceptors (Lipinski definition) is 0. The van der Waals surface area contributed by atoms with Crippen LogP contribution in [0.5, 0.6) is 0 Å². The van der Waals surface area contributed by atoms with E-state index in [1.54, 1.807) is 11.1 Å². The number of hydrogen-bond donors (Lipinski definition) is 0. The van der Waals surface area contributed by atoms with Crippen molar-refractivity contribution in [2.75, 3.05) is 26.7 Å². The molecule has 2 aromatic rings. The van der Waals surface area contributed by atoms with Crippen molar-refractivity contribution in [2.24, 2.45) is 0 Å². The first-order chi connectivity index (χ1) is 21.1. The molecule has 0 radical (unpaired) electrons. The summed E-state index contributed by atoms with van der Waals surface area (Å²) in [6.07, 6.45) is 12.7. The fourth-order valence-corrected chi connectivity index (χ4v) is 33.9. The summed E-state index contributed by atoms with van der Waals surface area (Å²) in [7, 11) is -6.31. The Bertz CT molecular complexity index is 1260. The molecule has 0 nitrogen and oxygen atoms in total. The van der Waals surface area contributed by atoms with Crippen LogP contribution in [0.4, 0.5) is 0 Å². The summed E-state index contributed by atoms with van der Waals surface area (Å²) >= 11 is 0. The van der Waals surface area contributed by atoms with Gasteiger partial charge in [0, 0.05) is 0 Å². The Morgan fingerprint density at radius 2 is 0.600 bits per heavy atom. The summed E-state index contributed by atoms with van der Waals surface area (Å²) in [6, 6.07) is 16.4. The van der Waals surface area contributed by atoms with Gasteiger partial charge < -0.3 is 0 Å². The SMILES string of the molecule is C[C@@H]1CC[C@@H](C)[PH]1(C)c1ccc(Cc2ccc([PH]3(C)[C@@H](C)CC[C@@H]3C)c([PH]3(C)[C@@H](C)CC[C@@H]3C)c2)cc1[PH]1(C)[C@H](C)CC[C@H]1C. The molecule has 0 saturated carbocycles. The topological polar surface area (TPSA) is 0 Å². The maximum absolute atomic E-state index is 2.83. The Balaban J connectivity index is 1.47. The average molecular weight is 689 g/mol. The fraction of sp³-hybridized carbons (Fsp3) is 0.707. The van der Waals surface area contributed by atoms with Gasteiger partial charge in [-0.2, -0.15) is 0 Å². The third kappa shape index (κ3) is 5.26. The van der Waals surface area contributed by atoms with Gasteiger partial charge in [0.05, 0.1) is 0 Å². The van der Waals surface area contributed by atoms with E-state index in [2.05, 4.69) is 118 Å². The molecule has 2 aromatic carbocycles. The molecule has 6 rings (SSSR count). The van der Waals surface area contributed by atoms with Crippen molar-refractivity contribution in [1.29, 1.82) is 0 Å². The molecule has 0 amide bonds. The molecule has 0 unspecified atom stereocenters. The van der Waals surface area contributed by atoms with Crippen LogP contribution in [0.2, 0.25) is 0 Å². The molecular weight excluding hydrogens is 616 g/mol. The zero-order valence-electron chi connectivity index (χ0n) is 31.4. The van der Waals surface area contributed by atoms with Crippen molar-refractivity contribution in [3.05, 3.63) is 47.5 Å². The third-order valence-electron chi connectivity index (χ3n) is 17.2. The van der Waals surface area contributed by atoms with E-state index in [1.807, 2.05) is 21.2 Å². The van der Waals surface area contributed by atoms with Crippen molar-refractivity contribution in [3.8, 4) is 0 Å². The van der Waals surface area contributed by atoms with Crippen LogP contribution in [0.3, 0.4) is 0 Å². The summed E-state index contributed by atoms with van der Waals surface area (Å²) in [4.78, 5) is 0. The van der Waals surface area contributed by atoms with Gasteiger partial charge in [0.15, 0.2) is 0 Å². The molecule has 0 spiro atoms. The van der Waals surface area contributed by atoms with E-state index in [4.69, 9.17) is 0 Å². The van der Waals surface area contributed by atoms with Crippen LogP contribution < -0.4 is 21.2 Å². The predicted molar refractivity (Wildman–Crippen MR) is 224 cm³/mol. The second-order valence-corrected chi connectivity index (χ2v) is 38.9. The van der Waals surface area contributed by atoms with Crippen LogP contribution >= 0.6 is 29.0 Å². The molecule has 4 aliphatic rings. The standard InChI is InChI=1S/C41H72P4/c1-28-13-14-29(2)42(28,9)38-23-21-36(26-40(38)44(11)32(5)17-18-33(44)6)25-37-22-24-39(43(10)30(3)15-16-31(43)4)41(27-37)45(12)34(7)19-20-35(45)8/h21-24,26-35,42-45H,13-20,25H2,1-12H3/t28-,29-,30+,31+,32-,33-,34+,35+. The zero-order chi connectivity index (χ0) is 32.7. The van der Waals surface area contributed by atoms with Gasteiger partial charge in [-0.1, -0.05) is 0 Å². The van der Waals surface area contributed by atoms with E-state index < -0.39 is 29.0 Å². The summed E-state index contributed by atoms with van der Waals surface area (Å²) in [5.74, 6) is 0. The third-order valence-corrected chi connectivity index (χ3v) is 42.7. The van der Waals surface area contributed by atoms with Crippen LogP contribution in [0.25, 0.3) is 0 Å². The number of benzene rings is 2. The van der Waals surface area contributed by atoms with Crippen molar-refractivity contribution in [1.82, 2.24) is 0 Å². The average Bonchev–Trinajstić information content (AvgIpc) is 3.65. The van der Waals surface area contributed by atoms with E-state index in [0.717, 1.165) is 51.7 Å². The van der Waals surface area contributed by atoms with Crippen molar-refractivity contribution in [3.63, 3.8) is 0 Å². The molecule has 4 fully saturated rings. The maximum atomic E-state index is 2.83. The normalized spacial score (nSPS) is 39.4. The van der Waals surface area contributed by atoms with Gasteiger partial charge in [-0.15, -0.1) is 0 Å². The van der Waals surface area contributed by atoms with Gasteiger partial charge in [0.2, 0.25) is 0 Å². The summed E-state index contributed by atoms with van der Waals surface area (Å²) < 4.78 is 0. The second-order valence-electron chi connectivity index (χ2n) is 18.6. The minimum atomic E-state index is -1.60. The Hall–Kier alpha value is 0.160. The van der Waals surface area contributed by atoms with Crippen LogP contribution in [-0.2, 0) is 6.42 Å². The fourth-order valence-electron chi connectivity index (χ4n) is 11.9. The quantitative estimate of drug-likeness (QED) is 0.265. The molecule has 0 N–H and O–H groups in total. The first-order valence-electron chi connectivity index (χ1n) is 19.4. The zero-order valence-corrected chi connectivity index (χ0v) is 35.4. The van der Waals surface area contributed by atoms with Gasteiger partial charge in [0.25, 0.3) is 0 Å². The molecule has 4 aliphatic heterocycles. The van der Waals surface area contributed by atoms with E-state index in [9.17, 15) is 0 Å². The molecule has 4 saturated heterocycles. The molecule has 0 aliphatic carbocycles. The van der Waals surface area contributed by atoms with E-state index in [0.29, 0.717) is 0 Å². The van der Waals surface area contributed by atoms with Gasteiger partial charge in [-0.05, 0) is 0 Å². The Morgan fingerprint density at radius 1 is 0.378 bits per heavy atom. The van der Waals surface area contributed by atoms with Crippen LogP contribution in [0, 0.1) is 0 Å². The molecule has 4 heterocycles. The van der Waals surface area contributed by atoms with Crippen molar-refractivity contribution in [2.45, 2.75) is 158 Å². The predicted octanol–water partition coefficient (Wildman–Crippen LogP) is 9.58. The van der Waals surface area contributed by atoms with Gasteiger partial charge >= 0.3 is 283 Å². The Morgan fingerprint density at radius 3 is 0.844 bits per heavy atom. The van der Waals surface area contributed by atoms with Crippen LogP contribution in [0.1, 0.15) is 118 Å². The van der Waals surface area contributed by atoms with Gasteiger partial charge in [0.1, 0.15) is 0 Å². The Labute approximate surface area is 281 Å². The molecule has 45 heavy (non-hydrogen) atoms. The summed E-state index contributed by atoms with van der Waals surface area (Å²) in [6.45, 7) is 32.2.